The van der Waals surface area contributed by atoms with Crippen molar-refractivity contribution in [1.82, 2.24) is 5.32 Å². The molecule has 0 rings (SSSR count). The molecule has 0 aliphatic rings. The van der Waals surface area contributed by atoms with E-state index in [0.29, 0.717) is 12.6 Å². The summed E-state index contributed by atoms with van der Waals surface area (Å²) in [7, 11) is 0. The predicted octanol–water partition coefficient (Wildman–Crippen LogP) is -0.241. The van der Waals surface area contributed by atoms with Crippen molar-refractivity contribution in [3.8, 4) is 0 Å². The topological polar surface area (TPSA) is 52.5 Å². The summed E-state index contributed by atoms with van der Waals surface area (Å²) in [5.74, 6) is 0. The second-order valence-electron chi connectivity index (χ2n) is 2.40. The van der Waals surface area contributed by atoms with Crippen molar-refractivity contribution in [3.05, 3.63) is 0 Å². The first-order valence-electron chi connectivity index (χ1n) is 3.19. The number of halogens is 1. The van der Waals surface area contributed by atoms with E-state index in [2.05, 4.69) is 5.32 Å². The molecule has 0 spiro atoms. The molecular weight excluding hydrogens is 154 g/mol. The largest absolute Gasteiger partial charge is 0.394 e. The van der Waals surface area contributed by atoms with Crippen molar-refractivity contribution in [1.29, 1.82) is 0 Å². The summed E-state index contributed by atoms with van der Waals surface area (Å²) in [5.41, 5.74) is 0. The molecule has 0 aromatic heterocycles. The van der Waals surface area contributed by atoms with Crippen LogP contribution in [0.3, 0.4) is 0 Å². The van der Waals surface area contributed by atoms with Crippen molar-refractivity contribution in [3.63, 3.8) is 0 Å². The maximum absolute atomic E-state index is 8.79. The fourth-order valence-corrected chi connectivity index (χ4v) is 0.436. The minimum absolute atomic E-state index is 0. The highest BCUT2D eigenvalue weighted by molar-refractivity contribution is 5.85. The normalized spacial score (nSPS) is 12.9. The van der Waals surface area contributed by atoms with Gasteiger partial charge in [0.2, 0.25) is 0 Å². The van der Waals surface area contributed by atoms with Gasteiger partial charge >= 0.3 is 0 Å². The van der Waals surface area contributed by atoms with Gasteiger partial charge in [-0.25, -0.2) is 0 Å². The Bertz CT molecular complexity index is 70.8. The molecule has 0 heterocycles. The average Bonchev–Trinajstić information content (AvgIpc) is 1.83. The Balaban J connectivity index is 0. The van der Waals surface area contributed by atoms with E-state index in [1.165, 1.54) is 0 Å². The van der Waals surface area contributed by atoms with Crippen LogP contribution in [0.25, 0.3) is 0 Å². The summed E-state index contributed by atoms with van der Waals surface area (Å²) in [4.78, 5) is 0. The van der Waals surface area contributed by atoms with Gasteiger partial charge in [0.15, 0.2) is 0 Å². The fourth-order valence-electron chi connectivity index (χ4n) is 0.436. The maximum atomic E-state index is 8.79. The molecule has 0 bridgehead atoms. The van der Waals surface area contributed by atoms with Crippen molar-refractivity contribution in [2.45, 2.75) is 26.0 Å². The molecule has 0 saturated heterocycles. The van der Waals surface area contributed by atoms with E-state index in [-0.39, 0.29) is 19.0 Å². The third-order valence-corrected chi connectivity index (χ3v) is 0.972. The van der Waals surface area contributed by atoms with E-state index in [1.54, 1.807) is 0 Å². The van der Waals surface area contributed by atoms with Gasteiger partial charge in [-0.1, -0.05) is 13.8 Å². The summed E-state index contributed by atoms with van der Waals surface area (Å²) < 4.78 is 0. The van der Waals surface area contributed by atoms with Crippen LogP contribution >= 0.6 is 12.4 Å². The van der Waals surface area contributed by atoms with Crippen molar-refractivity contribution in [2.24, 2.45) is 0 Å². The monoisotopic (exact) mass is 169 g/mol. The van der Waals surface area contributed by atoms with Crippen LogP contribution < -0.4 is 5.32 Å². The fraction of sp³-hybridized carbons (Fsp3) is 1.00. The van der Waals surface area contributed by atoms with Gasteiger partial charge in [0, 0.05) is 12.6 Å². The third-order valence-electron chi connectivity index (χ3n) is 0.972. The number of aliphatic hydroxyl groups is 2. The Morgan fingerprint density at radius 3 is 2.20 bits per heavy atom. The Morgan fingerprint density at radius 2 is 1.90 bits per heavy atom. The Labute approximate surface area is 67.9 Å². The molecule has 0 amide bonds. The quantitative estimate of drug-likeness (QED) is 0.545. The van der Waals surface area contributed by atoms with Crippen molar-refractivity contribution < 1.29 is 10.2 Å². The summed E-state index contributed by atoms with van der Waals surface area (Å²) in [6, 6.07) is 0.367. The van der Waals surface area contributed by atoms with Gasteiger partial charge in [-0.2, -0.15) is 0 Å². The molecule has 0 radical (unpaired) electrons. The summed E-state index contributed by atoms with van der Waals surface area (Å²) in [5, 5.41) is 20.1. The summed E-state index contributed by atoms with van der Waals surface area (Å²) in [6.45, 7) is 4.28. The van der Waals surface area contributed by atoms with E-state index >= 15 is 0 Å². The second kappa shape index (κ2) is 7.28. The zero-order valence-electron chi connectivity index (χ0n) is 6.37. The highest BCUT2D eigenvalue weighted by atomic mass is 35.5. The van der Waals surface area contributed by atoms with Crippen LogP contribution in [-0.2, 0) is 0 Å². The van der Waals surface area contributed by atoms with E-state index in [1.807, 2.05) is 13.8 Å². The minimum Gasteiger partial charge on any atom is -0.394 e. The molecule has 0 aliphatic carbocycles. The van der Waals surface area contributed by atoms with Crippen LogP contribution in [0, 0.1) is 0 Å². The maximum Gasteiger partial charge on any atom is 0.0895 e. The van der Waals surface area contributed by atoms with Crippen LogP contribution in [0.15, 0.2) is 0 Å². The summed E-state index contributed by atoms with van der Waals surface area (Å²) >= 11 is 0. The number of nitrogens with one attached hydrogen (secondary N) is 1. The first-order chi connectivity index (χ1) is 4.16. The number of hydrogen-bond donors (Lipinski definition) is 3. The van der Waals surface area contributed by atoms with Gasteiger partial charge in [-0.3, -0.25) is 0 Å². The molecule has 0 aromatic carbocycles. The van der Waals surface area contributed by atoms with Gasteiger partial charge < -0.3 is 15.5 Å². The first-order valence-corrected chi connectivity index (χ1v) is 3.19. The molecule has 0 fully saturated rings. The number of rotatable bonds is 4. The van der Waals surface area contributed by atoms with Crippen LogP contribution in [0.2, 0.25) is 0 Å². The minimum atomic E-state index is -0.618. The van der Waals surface area contributed by atoms with Crippen LogP contribution in [0.5, 0.6) is 0 Å². The predicted molar refractivity (Wildman–Crippen MR) is 43.5 cm³/mol. The van der Waals surface area contributed by atoms with E-state index in [9.17, 15) is 0 Å². The lowest BCUT2D eigenvalue weighted by Crippen LogP contribution is -2.33. The molecule has 1 atom stereocenters. The lowest BCUT2D eigenvalue weighted by Gasteiger charge is -2.10. The van der Waals surface area contributed by atoms with Crippen LogP contribution in [-0.4, -0.2) is 35.5 Å². The SMILES string of the molecule is CC(C)NCC(O)CO.Cl. The van der Waals surface area contributed by atoms with Gasteiger partial charge in [-0.15, -0.1) is 12.4 Å². The van der Waals surface area contributed by atoms with Gasteiger partial charge in [-0.05, 0) is 0 Å². The van der Waals surface area contributed by atoms with E-state index in [0.717, 1.165) is 0 Å². The molecule has 0 aromatic rings. The van der Waals surface area contributed by atoms with Crippen molar-refractivity contribution >= 4 is 12.4 Å². The number of hydrogen-bond acceptors (Lipinski definition) is 3. The molecule has 10 heavy (non-hydrogen) atoms. The lowest BCUT2D eigenvalue weighted by atomic mass is 10.3. The Kier molecular flexibility index (Phi) is 9.33. The highest BCUT2D eigenvalue weighted by Gasteiger charge is 2.00. The second-order valence-corrected chi connectivity index (χ2v) is 2.40. The van der Waals surface area contributed by atoms with E-state index < -0.39 is 6.10 Å². The Hall–Kier alpha value is 0.170. The zero-order chi connectivity index (χ0) is 7.28. The highest BCUT2D eigenvalue weighted by Crippen LogP contribution is 1.80. The average molecular weight is 170 g/mol. The molecule has 3 nitrogen and oxygen atoms in total. The molecular formula is C6H16ClNO2. The standard InChI is InChI=1S/C6H15NO2.ClH/c1-5(2)7-3-6(9)4-8;/h5-9H,3-4H2,1-2H3;1H. The van der Waals surface area contributed by atoms with Crippen LogP contribution in [0.4, 0.5) is 0 Å². The zero-order valence-corrected chi connectivity index (χ0v) is 7.19. The molecule has 3 N–H and O–H groups in total. The third kappa shape index (κ3) is 8.17. The molecule has 1 unspecified atom stereocenters. The van der Waals surface area contributed by atoms with Crippen molar-refractivity contribution in [2.75, 3.05) is 13.2 Å². The van der Waals surface area contributed by atoms with Crippen LogP contribution in [0.1, 0.15) is 13.8 Å². The summed E-state index contributed by atoms with van der Waals surface area (Å²) in [6.07, 6.45) is -0.618. The number of aliphatic hydroxyl groups excluding tert-OH is 2. The molecule has 64 valence electrons. The molecule has 4 heteroatoms. The van der Waals surface area contributed by atoms with Gasteiger partial charge in [0.1, 0.15) is 0 Å². The van der Waals surface area contributed by atoms with Gasteiger partial charge in [0.05, 0.1) is 12.7 Å². The van der Waals surface area contributed by atoms with E-state index in [4.69, 9.17) is 10.2 Å². The Morgan fingerprint density at radius 1 is 1.40 bits per heavy atom. The molecule has 0 aliphatic heterocycles. The lowest BCUT2D eigenvalue weighted by molar-refractivity contribution is 0.0928. The molecule has 0 saturated carbocycles. The first kappa shape index (κ1) is 12.8. The van der Waals surface area contributed by atoms with Gasteiger partial charge in [0.25, 0.3) is 0 Å². The smallest absolute Gasteiger partial charge is 0.0895 e.